The fraction of sp³-hybridized carbons (Fsp3) is 0.250. The van der Waals surface area contributed by atoms with Crippen molar-refractivity contribution in [2.24, 2.45) is 0 Å². The van der Waals surface area contributed by atoms with E-state index < -0.39 is 0 Å². The molecular formula is C16H16N2O2S. The van der Waals surface area contributed by atoms with Crippen LogP contribution in [0.25, 0.3) is 4.96 Å². The number of ether oxygens (including phenoxy) is 1. The molecule has 2 aromatic heterocycles. The lowest BCUT2D eigenvalue weighted by Gasteiger charge is -2.05. The molecule has 108 valence electrons. The van der Waals surface area contributed by atoms with Crippen molar-refractivity contribution in [2.75, 3.05) is 0 Å². The Morgan fingerprint density at radius 1 is 1.33 bits per heavy atom. The minimum Gasteiger partial charge on any atom is -0.487 e. The first-order valence-electron chi connectivity index (χ1n) is 6.83. The molecule has 0 amide bonds. The highest BCUT2D eigenvalue weighted by molar-refractivity contribution is 7.15. The van der Waals surface area contributed by atoms with Gasteiger partial charge in [0.05, 0.1) is 5.69 Å². The summed E-state index contributed by atoms with van der Waals surface area (Å²) in [6.45, 7) is 2.08. The number of carbonyl (C=O) groups is 1. The highest BCUT2D eigenvalue weighted by Gasteiger charge is 2.03. The average molecular weight is 300 g/mol. The summed E-state index contributed by atoms with van der Waals surface area (Å²) in [4.78, 5) is 16.4. The van der Waals surface area contributed by atoms with Crippen LogP contribution in [0.3, 0.4) is 0 Å². The van der Waals surface area contributed by atoms with Crippen molar-refractivity contribution in [2.45, 2.75) is 26.4 Å². The Hall–Kier alpha value is -2.14. The number of Topliss-reactive ketones (excluding diaryl/α,β-unsaturated/α-hetero) is 1. The van der Waals surface area contributed by atoms with Crippen molar-refractivity contribution < 1.29 is 9.53 Å². The van der Waals surface area contributed by atoms with Crippen molar-refractivity contribution in [3.63, 3.8) is 0 Å². The molecule has 5 heteroatoms. The molecule has 0 fully saturated rings. The van der Waals surface area contributed by atoms with E-state index >= 15 is 0 Å². The van der Waals surface area contributed by atoms with Crippen molar-refractivity contribution >= 4 is 22.1 Å². The normalized spacial score (nSPS) is 10.9. The zero-order valence-corrected chi connectivity index (χ0v) is 12.6. The van der Waals surface area contributed by atoms with E-state index in [9.17, 15) is 4.79 Å². The van der Waals surface area contributed by atoms with Gasteiger partial charge in [-0.05, 0) is 31.0 Å². The number of rotatable bonds is 6. The second kappa shape index (κ2) is 6.10. The number of aromatic nitrogens is 2. The maximum absolute atomic E-state index is 11.0. The van der Waals surface area contributed by atoms with Gasteiger partial charge in [-0.15, -0.1) is 11.3 Å². The number of fused-ring (bicyclic) bond motifs is 1. The van der Waals surface area contributed by atoms with Crippen LogP contribution in [0.5, 0.6) is 5.75 Å². The highest BCUT2D eigenvalue weighted by Crippen LogP contribution is 2.16. The molecule has 1 aromatic carbocycles. The highest BCUT2D eigenvalue weighted by atomic mass is 32.1. The first kappa shape index (κ1) is 13.8. The molecule has 0 N–H and O–H groups in total. The maximum atomic E-state index is 11.0. The van der Waals surface area contributed by atoms with E-state index in [-0.39, 0.29) is 5.78 Å². The Balaban J connectivity index is 1.57. The Morgan fingerprint density at radius 2 is 2.14 bits per heavy atom. The van der Waals surface area contributed by atoms with Crippen LogP contribution in [0.2, 0.25) is 0 Å². The van der Waals surface area contributed by atoms with Gasteiger partial charge in [0.1, 0.15) is 18.1 Å². The number of nitrogens with zero attached hydrogens (tertiary/aromatic N) is 2. The third kappa shape index (κ3) is 3.49. The number of benzene rings is 1. The summed E-state index contributed by atoms with van der Waals surface area (Å²) in [7, 11) is 0. The number of imidazole rings is 1. The minimum absolute atomic E-state index is 0.218. The minimum atomic E-state index is 0.218. The zero-order chi connectivity index (χ0) is 14.7. The second-order valence-electron chi connectivity index (χ2n) is 4.96. The predicted molar refractivity (Wildman–Crippen MR) is 82.8 cm³/mol. The Kier molecular flexibility index (Phi) is 4.01. The Morgan fingerprint density at radius 3 is 2.86 bits per heavy atom. The molecule has 3 rings (SSSR count). The van der Waals surface area contributed by atoms with Gasteiger partial charge < -0.3 is 9.53 Å². The zero-order valence-electron chi connectivity index (χ0n) is 11.8. The molecule has 21 heavy (non-hydrogen) atoms. The van der Waals surface area contributed by atoms with Crippen molar-refractivity contribution in [3.8, 4) is 5.75 Å². The van der Waals surface area contributed by atoms with Gasteiger partial charge in [0, 0.05) is 24.2 Å². The van der Waals surface area contributed by atoms with Gasteiger partial charge in [-0.3, -0.25) is 4.40 Å². The third-order valence-corrected chi connectivity index (χ3v) is 3.99. The molecule has 0 aliphatic heterocycles. The molecule has 0 radical (unpaired) electrons. The third-order valence-electron chi connectivity index (χ3n) is 3.22. The van der Waals surface area contributed by atoms with E-state index in [1.807, 2.05) is 46.4 Å². The van der Waals surface area contributed by atoms with Gasteiger partial charge >= 0.3 is 0 Å². The summed E-state index contributed by atoms with van der Waals surface area (Å²) in [6, 6.07) is 7.88. The van der Waals surface area contributed by atoms with Crippen LogP contribution in [0.4, 0.5) is 0 Å². The lowest BCUT2D eigenvalue weighted by atomic mass is 10.1. The summed E-state index contributed by atoms with van der Waals surface area (Å²) in [6.07, 6.45) is 5.34. The second-order valence-corrected chi connectivity index (χ2v) is 5.83. The van der Waals surface area contributed by atoms with E-state index in [4.69, 9.17) is 4.74 Å². The SMILES string of the molecule is CC(=O)CCc1ccc(OCc2cn3ccsc3n2)cc1. The molecule has 2 heterocycles. The largest absolute Gasteiger partial charge is 0.487 e. The fourth-order valence-electron chi connectivity index (χ4n) is 2.08. The van der Waals surface area contributed by atoms with E-state index in [1.54, 1.807) is 18.3 Å². The number of carbonyl (C=O) groups excluding carboxylic acids is 1. The van der Waals surface area contributed by atoms with Gasteiger partial charge in [-0.25, -0.2) is 4.98 Å². The van der Waals surface area contributed by atoms with Crippen LogP contribution in [0, 0.1) is 0 Å². The van der Waals surface area contributed by atoms with Gasteiger partial charge in [0.25, 0.3) is 0 Å². The topological polar surface area (TPSA) is 43.6 Å². The molecule has 0 spiro atoms. The molecule has 0 unspecified atom stereocenters. The fourth-order valence-corrected chi connectivity index (χ4v) is 2.79. The van der Waals surface area contributed by atoms with Crippen LogP contribution in [-0.2, 0) is 17.8 Å². The molecule has 0 bridgehead atoms. The van der Waals surface area contributed by atoms with Crippen LogP contribution in [-0.4, -0.2) is 15.2 Å². The summed E-state index contributed by atoms with van der Waals surface area (Å²) in [5, 5.41) is 2.01. The van der Waals surface area contributed by atoms with Crippen LogP contribution in [0.15, 0.2) is 42.0 Å². The number of hydrogen-bond donors (Lipinski definition) is 0. The number of ketones is 1. The number of thiazole rings is 1. The molecule has 0 saturated heterocycles. The van der Waals surface area contributed by atoms with Crippen molar-refractivity contribution in [3.05, 3.63) is 53.3 Å². The van der Waals surface area contributed by atoms with Crippen LogP contribution >= 0.6 is 11.3 Å². The Labute approximate surface area is 127 Å². The summed E-state index contributed by atoms with van der Waals surface area (Å²) >= 11 is 1.61. The summed E-state index contributed by atoms with van der Waals surface area (Å²) in [5.41, 5.74) is 2.07. The van der Waals surface area contributed by atoms with Gasteiger partial charge in [-0.2, -0.15) is 0 Å². The predicted octanol–water partition coefficient (Wildman–Crippen LogP) is 3.50. The van der Waals surface area contributed by atoms with E-state index in [1.165, 1.54) is 0 Å². The number of hydrogen-bond acceptors (Lipinski definition) is 4. The van der Waals surface area contributed by atoms with Crippen molar-refractivity contribution in [1.82, 2.24) is 9.38 Å². The summed E-state index contributed by atoms with van der Waals surface area (Å²) in [5.74, 6) is 1.04. The molecule has 0 aliphatic rings. The molecular weight excluding hydrogens is 284 g/mol. The van der Waals surface area contributed by atoms with Gasteiger partial charge in [0.15, 0.2) is 4.96 Å². The van der Waals surface area contributed by atoms with Crippen LogP contribution in [0.1, 0.15) is 24.6 Å². The molecule has 3 aromatic rings. The quantitative estimate of drug-likeness (QED) is 0.700. The molecule has 0 atom stereocenters. The monoisotopic (exact) mass is 300 g/mol. The van der Waals surface area contributed by atoms with Crippen molar-refractivity contribution in [1.29, 1.82) is 0 Å². The number of aryl methyl sites for hydroxylation is 1. The Bertz CT molecular complexity index is 715. The molecule has 4 nitrogen and oxygen atoms in total. The smallest absolute Gasteiger partial charge is 0.193 e. The van der Waals surface area contributed by atoms with Gasteiger partial charge in [-0.1, -0.05) is 12.1 Å². The lowest BCUT2D eigenvalue weighted by Crippen LogP contribution is -1.97. The van der Waals surface area contributed by atoms with E-state index in [0.29, 0.717) is 13.0 Å². The average Bonchev–Trinajstić information content (AvgIpc) is 3.05. The molecule has 0 aliphatic carbocycles. The standard InChI is InChI=1S/C16H16N2O2S/c1-12(19)2-3-13-4-6-15(7-5-13)20-11-14-10-18-8-9-21-16(18)17-14/h4-10H,2-3,11H2,1H3. The van der Waals surface area contributed by atoms with Gasteiger partial charge in [0.2, 0.25) is 0 Å². The van der Waals surface area contributed by atoms with Crippen LogP contribution < -0.4 is 4.74 Å². The van der Waals surface area contributed by atoms with E-state index in [0.717, 1.165) is 28.4 Å². The first-order chi connectivity index (χ1) is 10.2. The first-order valence-corrected chi connectivity index (χ1v) is 7.71. The molecule has 0 saturated carbocycles. The maximum Gasteiger partial charge on any atom is 0.193 e. The summed E-state index contributed by atoms with van der Waals surface area (Å²) < 4.78 is 7.73. The lowest BCUT2D eigenvalue weighted by molar-refractivity contribution is -0.116. The van der Waals surface area contributed by atoms with E-state index in [2.05, 4.69) is 4.98 Å².